The number of nitrogens with one attached hydrogen (secondary N) is 1. The molecule has 3 aromatic carbocycles. The van der Waals surface area contributed by atoms with Crippen molar-refractivity contribution in [3.05, 3.63) is 94.5 Å². The number of hydrogen-bond donors (Lipinski definition) is 1. The van der Waals surface area contributed by atoms with Crippen molar-refractivity contribution in [2.24, 2.45) is 0 Å². The van der Waals surface area contributed by atoms with Gasteiger partial charge in [-0.2, -0.15) is 29.8 Å². The van der Waals surface area contributed by atoms with Gasteiger partial charge in [0.15, 0.2) is 0 Å². The van der Waals surface area contributed by atoms with Crippen LogP contribution >= 0.6 is 11.6 Å². The van der Waals surface area contributed by atoms with E-state index in [-0.39, 0.29) is 35.2 Å². The Morgan fingerprint density at radius 1 is 1.03 bits per heavy atom. The van der Waals surface area contributed by atoms with Gasteiger partial charge in [-0.15, -0.1) is 11.6 Å². The summed E-state index contributed by atoms with van der Waals surface area (Å²) in [5.74, 6) is 0.0758. The summed E-state index contributed by atoms with van der Waals surface area (Å²) in [7, 11) is 0. The van der Waals surface area contributed by atoms with Gasteiger partial charge in [-0.05, 0) is 34.6 Å². The zero-order chi connectivity index (χ0) is 23.1. The molecule has 0 fully saturated rings. The van der Waals surface area contributed by atoms with Crippen molar-refractivity contribution in [1.29, 1.82) is 5.41 Å². The first-order chi connectivity index (χ1) is 15.4. The Kier molecular flexibility index (Phi) is 10.4. The third-order valence-corrected chi connectivity index (χ3v) is 5.93. The normalized spacial score (nSPS) is 12.4. The molecular weight excluding hydrogens is 470 g/mol. The van der Waals surface area contributed by atoms with E-state index in [9.17, 15) is 4.79 Å². The Morgan fingerprint density at radius 3 is 2.12 bits per heavy atom. The molecule has 0 heterocycles. The van der Waals surface area contributed by atoms with E-state index in [1.165, 1.54) is 29.2 Å². The minimum atomic E-state index is -0.225. The van der Waals surface area contributed by atoms with Gasteiger partial charge >= 0.3 is 5.97 Å². The quantitative estimate of drug-likeness (QED) is 0.218. The van der Waals surface area contributed by atoms with Crippen LogP contribution in [0.2, 0.25) is 5.02 Å². The van der Waals surface area contributed by atoms with E-state index >= 15 is 0 Å². The molecule has 33 heavy (non-hydrogen) atoms. The molecule has 3 aromatic rings. The van der Waals surface area contributed by atoms with Gasteiger partial charge in [-0.3, -0.25) is 4.79 Å². The standard InChI is InChI=1S/C16H14O2.C12H15ClN.Cr/c1-11(17)18-10-16-14-8-4-2-6-12(14)13-7-3-5-9-15(13)16;1-3-5-12(14)9(2)10-6-4-7-11(13)8-10;/h2-9,16H,10H2,1H3;4,6-7,9,14H,3,5H2,1-2H3;/q;-1;. The third kappa shape index (κ3) is 6.81. The molecular formula is C28H29ClCrNO2-. The summed E-state index contributed by atoms with van der Waals surface area (Å²) in [5.41, 5.74) is 6.78. The second-order valence-electron chi connectivity index (χ2n) is 7.98. The number of fused-ring (bicyclic) bond motifs is 3. The van der Waals surface area contributed by atoms with Crippen LogP contribution in [-0.2, 0) is 26.9 Å². The Labute approximate surface area is 212 Å². The van der Waals surface area contributed by atoms with E-state index < -0.39 is 0 Å². The van der Waals surface area contributed by atoms with Gasteiger partial charge in [-0.25, -0.2) is 0 Å². The fourth-order valence-electron chi connectivity index (χ4n) is 4.02. The monoisotopic (exact) mass is 498 g/mol. The van der Waals surface area contributed by atoms with Gasteiger partial charge in [0.2, 0.25) is 0 Å². The van der Waals surface area contributed by atoms with E-state index in [4.69, 9.17) is 21.7 Å². The van der Waals surface area contributed by atoms with Crippen molar-refractivity contribution in [2.75, 3.05) is 6.61 Å². The molecule has 1 N–H and O–H groups in total. The van der Waals surface area contributed by atoms with Crippen LogP contribution in [-0.4, -0.2) is 18.3 Å². The van der Waals surface area contributed by atoms with Crippen LogP contribution in [0.5, 0.6) is 0 Å². The van der Waals surface area contributed by atoms with Crippen molar-refractivity contribution < 1.29 is 26.9 Å². The van der Waals surface area contributed by atoms with Crippen molar-refractivity contribution in [2.45, 2.75) is 45.4 Å². The molecule has 0 saturated heterocycles. The molecule has 0 amide bonds. The average Bonchev–Trinajstić information content (AvgIpc) is 3.11. The number of carbonyl (C=O) groups is 1. The molecule has 0 saturated carbocycles. The number of ether oxygens (including phenoxy) is 1. The van der Waals surface area contributed by atoms with Crippen molar-refractivity contribution in [3.63, 3.8) is 0 Å². The van der Waals surface area contributed by atoms with E-state index in [0.717, 1.165) is 24.1 Å². The van der Waals surface area contributed by atoms with Crippen LogP contribution in [0, 0.1) is 11.5 Å². The van der Waals surface area contributed by atoms with Crippen LogP contribution in [0.3, 0.4) is 0 Å². The summed E-state index contributed by atoms with van der Waals surface area (Å²) in [6.07, 6.45) is 1.87. The molecule has 5 heteroatoms. The molecule has 172 valence electrons. The molecule has 4 rings (SSSR count). The van der Waals surface area contributed by atoms with Crippen molar-refractivity contribution in [3.8, 4) is 11.1 Å². The second-order valence-corrected chi connectivity index (χ2v) is 8.39. The summed E-state index contributed by atoms with van der Waals surface area (Å²) in [6.45, 7) is 5.99. The van der Waals surface area contributed by atoms with Crippen molar-refractivity contribution >= 4 is 23.3 Å². The maximum absolute atomic E-state index is 11.0. The van der Waals surface area contributed by atoms with Crippen LogP contribution < -0.4 is 0 Å². The third-order valence-electron chi connectivity index (χ3n) is 5.71. The smallest absolute Gasteiger partial charge is 0.302 e. The van der Waals surface area contributed by atoms with Crippen LogP contribution in [0.4, 0.5) is 0 Å². The summed E-state index contributed by atoms with van der Waals surface area (Å²) in [4.78, 5) is 11.0. The van der Waals surface area contributed by atoms with Gasteiger partial charge in [0.05, 0.1) is 0 Å². The SMILES string of the molecule is CC(=O)OCC1c2ccccc2-c2ccccc21.CCCC(=N)C(C)c1[c-]c(Cl)ccc1.[Cr]. The van der Waals surface area contributed by atoms with Gasteiger partial charge < -0.3 is 10.1 Å². The predicted molar refractivity (Wildman–Crippen MR) is 132 cm³/mol. The number of rotatable bonds is 6. The first kappa shape index (κ1) is 26.9. The van der Waals surface area contributed by atoms with E-state index in [2.05, 4.69) is 37.3 Å². The zero-order valence-electron chi connectivity index (χ0n) is 19.2. The minimum Gasteiger partial charge on any atom is -0.465 e. The summed E-state index contributed by atoms with van der Waals surface area (Å²) < 4.78 is 5.20. The molecule has 1 aliphatic carbocycles. The van der Waals surface area contributed by atoms with Crippen LogP contribution in [0.1, 0.15) is 62.1 Å². The first-order valence-corrected chi connectivity index (χ1v) is 11.4. The molecule has 1 unspecified atom stereocenters. The number of halogens is 1. The van der Waals surface area contributed by atoms with Gasteiger partial charge in [0.25, 0.3) is 0 Å². The molecule has 0 aliphatic heterocycles. The zero-order valence-corrected chi connectivity index (χ0v) is 21.3. The number of hydrogen-bond acceptors (Lipinski definition) is 3. The predicted octanol–water partition coefficient (Wildman–Crippen LogP) is 7.42. The summed E-state index contributed by atoms with van der Waals surface area (Å²) >= 11 is 5.84. The Balaban J connectivity index is 0.000000235. The Bertz CT molecular complexity index is 1050. The van der Waals surface area contributed by atoms with Crippen molar-refractivity contribution in [1.82, 2.24) is 0 Å². The molecule has 1 aliphatic rings. The molecule has 0 radical (unpaired) electrons. The summed E-state index contributed by atoms with van der Waals surface area (Å²) in [5, 5.41) is 8.46. The van der Waals surface area contributed by atoms with Gasteiger partial charge in [-0.1, -0.05) is 73.8 Å². The maximum Gasteiger partial charge on any atom is 0.302 e. The molecule has 0 aromatic heterocycles. The largest absolute Gasteiger partial charge is 0.465 e. The number of esters is 1. The maximum atomic E-state index is 11.0. The van der Waals surface area contributed by atoms with Crippen LogP contribution in [0.15, 0.2) is 66.7 Å². The number of carbonyl (C=O) groups excluding carboxylic acids is 1. The Hall–Kier alpha value is -2.38. The molecule has 0 bridgehead atoms. The first-order valence-electron chi connectivity index (χ1n) is 11.0. The fraction of sp³-hybridized carbons (Fsp3) is 0.286. The van der Waals surface area contributed by atoms with Gasteiger partial charge in [0.1, 0.15) is 6.61 Å². The molecule has 1 atom stereocenters. The van der Waals surface area contributed by atoms with Crippen LogP contribution in [0.25, 0.3) is 11.1 Å². The molecule has 3 nitrogen and oxygen atoms in total. The Morgan fingerprint density at radius 2 is 1.61 bits per heavy atom. The molecule has 0 spiro atoms. The topological polar surface area (TPSA) is 50.2 Å². The second kappa shape index (κ2) is 12.8. The minimum absolute atomic E-state index is 0. The van der Waals surface area contributed by atoms with E-state index in [0.29, 0.717) is 11.6 Å². The van der Waals surface area contributed by atoms with E-state index in [1.807, 2.05) is 43.3 Å². The number of benzene rings is 3. The summed E-state index contributed by atoms with van der Waals surface area (Å²) in [6, 6.07) is 25.4. The van der Waals surface area contributed by atoms with Gasteiger partial charge in [0, 0.05) is 35.9 Å². The van der Waals surface area contributed by atoms with E-state index in [1.54, 1.807) is 6.07 Å². The average molecular weight is 499 g/mol. The fourth-order valence-corrected chi connectivity index (χ4v) is 4.21.